The minimum Gasteiger partial charge on any atom is -0.298 e. The average molecular weight is 463 g/mol. The summed E-state index contributed by atoms with van der Waals surface area (Å²) in [6.07, 6.45) is 8.95. The zero-order chi connectivity index (χ0) is 23.7. The molecule has 1 saturated heterocycles. The van der Waals surface area contributed by atoms with Crippen molar-refractivity contribution in [2.24, 2.45) is 21.7 Å². The molecule has 1 saturated carbocycles. The summed E-state index contributed by atoms with van der Waals surface area (Å²) in [5.74, 6) is -0.215. The Morgan fingerprint density at radius 2 is 1.88 bits per heavy atom. The molecule has 2 fully saturated rings. The molecule has 1 aromatic heterocycles. The Bertz CT molecular complexity index is 902. The van der Waals surface area contributed by atoms with E-state index in [1.165, 1.54) is 0 Å². The molecule has 1 aliphatic carbocycles. The van der Waals surface area contributed by atoms with Gasteiger partial charge >= 0.3 is 0 Å². The van der Waals surface area contributed by atoms with Crippen LogP contribution in [0, 0.1) is 16.7 Å². The third-order valence-corrected chi connectivity index (χ3v) is 9.16. The Morgan fingerprint density at radius 3 is 2.47 bits per heavy atom. The van der Waals surface area contributed by atoms with Crippen molar-refractivity contribution in [3.8, 4) is 0 Å². The van der Waals surface area contributed by atoms with Crippen LogP contribution < -0.4 is 10.1 Å². The van der Waals surface area contributed by atoms with Gasteiger partial charge in [-0.2, -0.15) is 0 Å². The second-order valence-corrected chi connectivity index (χ2v) is 12.3. The van der Waals surface area contributed by atoms with E-state index in [0.29, 0.717) is 6.42 Å². The van der Waals surface area contributed by atoms with Gasteiger partial charge in [0.25, 0.3) is 5.91 Å². The molecule has 32 heavy (non-hydrogen) atoms. The van der Waals surface area contributed by atoms with Crippen molar-refractivity contribution in [1.29, 1.82) is 0 Å². The monoisotopic (exact) mass is 462 g/mol. The highest BCUT2D eigenvalue weighted by Gasteiger charge is 2.58. The number of amides is 2. The van der Waals surface area contributed by atoms with Crippen molar-refractivity contribution in [3.63, 3.8) is 0 Å². The van der Waals surface area contributed by atoms with Gasteiger partial charge in [-0.3, -0.25) is 19.0 Å². The molecule has 7 heteroatoms. The Labute approximate surface area is 197 Å². The van der Waals surface area contributed by atoms with Gasteiger partial charge in [0.1, 0.15) is 4.67 Å². The number of hydrogen-bond acceptors (Lipinski definition) is 4. The quantitative estimate of drug-likeness (QED) is 0.669. The van der Waals surface area contributed by atoms with E-state index in [0.717, 1.165) is 61.8 Å². The Morgan fingerprint density at radius 1 is 1.22 bits per heavy atom. The lowest BCUT2D eigenvalue weighted by molar-refractivity contribution is -0.138. The third kappa shape index (κ3) is 4.89. The number of hydrazine groups is 1. The Balaban J connectivity index is 1.87. The second kappa shape index (κ2) is 9.41. The van der Waals surface area contributed by atoms with E-state index >= 15 is 0 Å². The van der Waals surface area contributed by atoms with Crippen molar-refractivity contribution in [2.45, 2.75) is 99.0 Å². The van der Waals surface area contributed by atoms with Gasteiger partial charge in [0.15, 0.2) is 0 Å². The van der Waals surface area contributed by atoms with Gasteiger partial charge < -0.3 is 0 Å². The summed E-state index contributed by atoms with van der Waals surface area (Å²) in [4.78, 5) is 31.4. The van der Waals surface area contributed by atoms with Crippen LogP contribution in [0.25, 0.3) is 0 Å². The Kier molecular flexibility index (Phi) is 7.40. The van der Waals surface area contributed by atoms with E-state index in [1.807, 2.05) is 11.9 Å². The molecule has 0 bridgehead atoms. The van der Waals surface area contributed by atoms with Crippen molar-refractivity contribution in [1.82, 2.24) is 14.4 Å². The topological polar surface area (TPSA) is 66.7 Å². The maximum Gasteiger partial charge on any atom is 0.253 e. The number of unbranched alkanes of at least 4 members (excludes halogenated alkanes) is 1. The average Bonchev–Trinajstić information content (AvgIpc) is 3.40. The molecule has 2 atom stereocenters. The van der Waals surface area contributed by atoms with Crippen LogP contribution in [-0.4, -0.2) is 33.9 Å². The Hall–Kier alpha value is -1.47. The zero-order valence-corrected chi connectivity index (χ0v) is 21.9. The van der Waals surface area contributed by atoms with Gasteiger partial charge in [0, 0.05) is 36.3 Å². The number of nitrogens with zero attached hydrogens (tertiary/aromatic N) is 3. The van der Waals surface area contributed by atoms with E-state index in [4.69, 9.17) is 4.99 Å². The number of aryl methyl sites for hydroxylation is 1. The predicted octanol–water partition coefficient (Wildman–Crippen LogP) is 4.64. The van der Waals surface area contributed by atoms with E-state index in [2.05, 4.69) is 57.1 Å². The molecule has 0 aromatic carbocycles. The predicted molar refractivity (Wildman–Crippen MR) is 130 cm³/mol. The maximum atomic E-state index is 13.6. The lowest BCUT2D eigenvalue weighted by atomic mass is 9.65. The van der Waals surface area contributed by atoms with Gasteiger partial charge in [-0.15, -0.1) is 0 Å². The largest absolute Gasteiger partial charge is 0.298 e. The first-order valence-corrected chi connectivity index (χ1v) is 13.0. The highest BCUT2D eigenvalue weighted by molar-refractivity contribution is 7.04. The highest BCUT2D eigenvalue weighted by atomic mass is 32.1. The third-order valence-electron chi connectivity index (χ3n) is 7.79. The minimum atomic E-state index is -0.654. The molecule has 1 aromatic rings. The first-order chi connectivity index (χ1) is 14.9. The molecular weight excluding hydrogens is 420 g/mol. The van der Waals surface area contributed by atoms with Crippen molar-refractivity contribution >= 4 is 23.3 Å². The molecule has 3 rings (SSSR count). The molecule has 1 N–H and O–H groups in total. The summed E-state index contributed by atoms with van der Waals surface area (Å²) in [6.45, 7) is 16.7. The van der Waals surface area contributed by atoms with Crippen LogP contribution in [0.5, 0.6) is 0 Å². The fourth-order valence-electron chi connectivity index (χ4n) is 4.96. The van der Waals surface area contributed by atoms with Crippen LogP contribution in [0.15, 0.2) is 11.2 Å². The van der Waals surface area contributed by atoms with E-state index < -0.39 is 10.8 Å². The SMILES string of the molecule is CCCCc1cn(C(C)(C)C)sc1=NC(=O)[C@]1(C)CC[C@H](C(=O)NN2CCCC2)C1(C)C. The van der Waals surface area contributed by atoms with Crippen LogP contribution in [-0.2, 0) is 21.5 Å². The summed E-state index contributed by atoms with van der Waals surface area (Å²) in [5, 5.41) is 2.02. The summed E-state index contributed by atoms with van der Waals surface area (Å²) in [7, 11) is 0. The summed E-state index contributed by atoms with van der Waals surface area (Å²) >= 11 is 1.57. The molecule has 2 aliphatic rings. The van der Waals surface area contributed by atoms with Crippen LogP contribution in [0.3, 0.4) is 0 Å². The number of nitrogens with one attached hydrogen (secondary N) is 1. The summed E-state index contributed by atoms with van der Waals surface area (Å²) in [6, 6.07) is 0. The fourth-order valence-corrected chi connectivity index (χ4v) is 5.99. The minimum absolute atomic E-state index is 0.0439. The van der Waals surface area contributed by atoms with Gasteiger partial charge in [0.05, 0.1) is 5.41 Å². The number of rotatable bonds is 6. The van der Waals surface area contributed by atoms with Gasteiger partial charge in [0.2, 0.25) is 5.91 Å². The van der Waals surface area contributed by atoms with Crippen LogP contribution in [0.2, 0.25) is 0 Å². The van der Waals surface area contributed by atoms with E-state index in [1.54, 1.807) is 11.5 Å². The van der Waals surface area contributed by atoms with E-state index in [-0.39, 0.29) is 23.3 Å². The molecule has 6 nitrogen and oxygen atoms in total. The molecule has 0 spiro atoms. The highest BCUT2D eigenvalue weighted by Crippen LogP contribution is 2.56. The van der Waals surface area contributed by atoms with Gasteiger partial charge in [-0.25, -0.2) is 10.0 Å². The second-order valence-electron chi connectivity index (χ2n) is 11.4. The summed E-state index contributed by atoms with van der Waals surface area (Å²) in [5.41, 5.74) is 3.10. The molecule has 2 amide bonds. The standard InChI is InChI=1S/C25H42N4O2S/c1-8-9-12-18-17-29(23(2,3)4)32-21(18)26-22(31)25(7)14-13-19(24(25,5)6)20(30)27-28-15-10-11-16-28/h17,19H,8-16H2,1-7H3,(H,27,30)/t19-,25+/m1/s1. The molecule has 2 heterocycles. The molecule has 1 aliphatic heterocycles. The number of aromatic nitrogens is 1. The first kappa shape index (κ1) is 25.2. The zero-order valence-electron chi connectivity index (χ0n) is 21.1. The van der Waals surface area contributed by atoms with E-state index in [9.17, 15) is 9.59 Å². The number of carbonyl (C=O) groups is 2. The lowest BCUT2D eigenvalue weighted by Crippen LogP contribution is -2.49. The van der Waals surface area contributed by atoms with Gasteiger partial charge in [-0.05, 0) is 76.2 Å². The smallest absolute Gasteiger partial charge is 0.253 e. The number of hydrogen-bond donors (Lipinski definition) is 1. The van der Waals surface area contributed by atoms with Crippen LogP contribution >= 0.6 is 11.5 Å². The van der Waals surface area contributed by atoms with Crippen LogP contribution in [0.1, 0.15) is 92.6 Å². The molecular formula is C25H42N4O2S. The molecule has 180 valence electrons. The molecule has 0 unspecified atom stereocenters. The summed E-state index contributed by atoms with van der Waals surface area (Å²) < 4.78 is 3.04. The fraction of sp³-hybridized carbons (Fsp3) is 0.800. The normalized spacial score (nSPS) is 26.6. The number of carbonyl (C=O) groups excluding carboxylic acids is 2. The maximum absolute atomic E-state index is 13.6. The first-order valence-electron chi connectivity index (χ1n) is 12.3. The lowest BCUT2D eigenvalue weighted by Gasteiger charge is -2.39. The van der Waals surface area contributed by atoms with Crippen molar-refractivity contribution < 1.29 is 9.59 Å². The molecule has 0 radical (unpaired) electrons. The van der Waals surface area contributed by atoms with Gasteiger partial charge in [-0.1, -0.05) is 34.1 Å². The van der Waals surface area contributed by atoms with Crippen molar-refractivity contribution in [3.05, 3.63) is 16.4 Å². The van der Waals surface area contributed by atoms with Crippen LogP contribution in [0.4, 0.5) is 0 Å². The van der Waals surface area contributed by atoms with Crippen molar-refractivity contribution in [2.75, 3.05) is 13.1 Å².